The Balaban J connectivity index is 3.12. The Labute approximate surface area is 61.4 Å². The molecule has 1 rings (SSSR count). The van der Waals surface area contributed by atoms with Crippen LogP contribution in [0.3, 0.4) is 0 Å². The van der Waals surface area contributed by atoms with E-state index < -0.39 is 0 Å². The molecule has 0 saturated heterocycles. The van der Waals surface area contributed by atoms with E-state index in [-0.39, 0.29) is 0 Å². The van der Waals surface area contributed by atoms with Crippen LogP contribution in [-0.4, -0.2) is 14.5 Å². The molecule has 0 radical (unpaired) electrons. The topological polar surface area (TPSA) is 0 Å². The molecule has 1 aromatic heterocycles. The molecule has 3 heteroatoms. The van der Waals surface area contributed by atoms with Gasteiger partial charge in [0.25, 0.3) is 0 Å². The van der Waals surface area contributed by atoms with Crippen molar-refractivity contribution in [2.75, 3.05) is 0 Å². The monoisotopic (exact) mass is 244 g/mol. The van der Waals surface area contributed by atoms with Crippen molar-refractivity contribution < 1.29 is 0 Å². The molecule has 0 N–H and O–H groups in total. The third-order valence-electron chi connectivity index (χ3n) is 0.574. The Morgan fingerprint density at radius 1 is 1.71 bits per heavy atom. The molecule has 38 valence electrons. The van der Waals surface area contributed by atoms with Crippen molar-refractivity contribution in [3.8, 4) is 0 Å². The first-order valence-corrected chi connectivity index (χ1v) is 4.71. The summed E-state index contributed by atoms with van der Waals surface area (Å²) >= 11 is 9.42. The molecule has 0 unspecified atom stereocenters. The summed E-state index contributed by atoms with van der Waals surface area (Å²) in [5, 5.41) is 0.861. The molecule has 0 spiro atoms. The quantitative estimate of drug-likeness (QED) is 0.614. The summed E-state index contributed by atoms with van der Waals surface area (Å²) in [6.07, 6.45) is 0. The minimum absolute atomic E-state index is 0.483. The van der Waals surface area contributed by atoms with E-state index in [4.69, 9.17) is 11.6 Å². The molecule has 0 aromatic carbocycles. The van der Waals surface area contributed by atoms with E-state index in [1.165, 1.54) is 0 Å². The van der Waals surface area contributed by atoms with Gasteiger partial charge in [-0.25, -0.2) is 0 Å². The molecule has 1 aromatic rings. The van der Waals surface area contributed by atoms with Crippen molar-refractivity contribution in [3.63, 3.8) is 0 Å². The van der Waals surface area contributed by atoms with Crippen molar-refractivity contribution >= 4 is 42.0 Å². The number of halogens is 2. The Hall–Kier alpha value is 0.769. The standard InChI is InChI=1S/C4H2BrClSe/c5-4-3(6)1-2-7-4/h1-2H. The van der Waals surface area contributed by atoms with Gasteiger partial charge in [0.2, 0.25) is 0 Å². The van der Waals surface area contributed by atoms with E-state index in [0.29, 0.717) is 14.5 Å². The van der Waals surface area contributed by atoms with Gasteiger partial charge in [0.1, 0.15) is 0 Å². The molecule has 0 atom stereocenters. The van der Waals surface area contributed by atoms with E-state index in [9.17, 15) is 0 Å². The Morgan fingerprint density at radius 3 is 2.57 bits per heavy atom. The molecule has 0 aliphatic rings. The fourth-order valence-electron chi connectivity index (χ4n) is 0.275. The molecule has 0 fully saturated rings. The van der Waals surface area contributed by atoms with Crippen LogP contribution in [0, 0.1) is 0 Å². The third-order valence-corrected chi connectivity index (χ3v) is 4.24. The zero-order chi connectivity index (χ0) is 5.28. The summed E-state index contributed by atoms with van der Waals surface area (Å²) < 4.78 is 1.15. The van der Waals surface area contributed by atoms with Gasteiger partial charge in [0, 0.05) is 0 Å². The van der Waals surface area contributed by atoms with Crippen LogP contribution in [0.15, 0.2) is 14.4 Å². The van der Waals surface area contributed by atoms with Crippen molar-refractivity contribution in [2.24, 2.45) is 0 Å². The third kappa shape index (κ3) is 1.33. The van der Waals surface area contributed by atoms with Gasteiger partial charge in [-0.05, 0) is 0 Å². The average Bonchev–Trinajstić information content (AvgIpc) is 1.91. The maximum absolute atomic E-state index is 5.62. The number of hydrogen-bond donors (Lipinski definition) is 0. The fourth-order valence-corrected chi connectivity index (χ4v) is 2.49. The van der Waals surface area contributed by atoms with E-state index in [0.717, 1.165) is 8.37 Å². The summed E-state index contributed by atoms with van der Waals surface area (Å²) in [4.78, 5) is 2.08. The molecule has 0 amide bonds. The Kier molecular flexibility index (Phi) is 1.99. The molecular formula is C4H2BrClSe. The first-order valence-electron chi connectivity index (χ1n) is 1.69. The molecular weight excluding hydrogens is 242 g/mol. The molecule has 1 heterocycles. The van der Waals surface area contributed by atoms with Crippen LogP contribution in [0.5, 0.6) is 0 Å². The summed E-state index contributed by atoms with van der Waals surface area (Å²) in [6, 6.07) is 1.92. The Bertz CT molecular complexity index is 144. The van der Waals surface area contributed by atoms with Gasteiger partial charge in [-0.2, -0.15) is 0 Å². The molecule has 0 aliphatic carbocycles. The van der Waals surface area contributed by atoms with E-state index in [1.54, 1.807) is 0 Å². The summed E-state index contributed by atoms with van der Waals surface area (Å²) in [6.45, 7) is 0. The number of rotatable bonds is 0. The van der Waals surface area contributed by atoms with Crippen LogP contribution in [0.2, 0.25) is 5.02 Å². The van der Waals surface area contributed by atoms with Gasteiger partial charge in [-0.15, -0.1) is 0 Å². The van der Waals surface area contributed by atoms with Crippen LogP contribution < -0.4 is 0 Å². The van der Waals surface area contributed by atoms with Gasteiger partial charge < -0.3 is 0 Å². The summed E-state index contributed by atoms with van der Waals surface area (Å²) in [7, 11) is 0. The van der Waals surface area contributed by atoms with E-state index >= 15 is 0 Å². The summed E-state index contributed by atoms with van der Waals surface area (Å²) in [5.74, 6) is 0. The second-order valence-electron chi connectivity index (χ2n) is 1.04. The zero-order valence-electron chi connectivity index (χ0n) is 3.32. The van der Waals surface area contributed by atoms with Crippen LogP contribution in [0.4, 0.5) is 0 Å². The van der Waals surface area contributed by atoms with Gasteiger partial charge in [0.15, 0.2) is 0 Å². The first-order chi connectivity index (χ1) is 3.30. The van der Waals surface area contributed by atoms with E-state index in [2.05, 4.69) is 20.9 Å². The zero-order valence-corrected chi connectivity index (χ0v) is 7.37. The van der Waals surface area contributed by atoms with Gasteiger partial charge in [0.05, 0.1) is 0 Å². The van der Waals surface area contributed by atoms with E-state index in [1.807, 2.05) is 6.07 Å². The van der Waals surface area contributed by atoms with Crippen LogP contribution >= 0.6 is 27.5 Å². The average molecular weight is 244 g/mol. The van der Waals surface area contributed by atoms with Gasteiger partial charge >= 0.3 is 61.4 Å². The second-order valence-corrected chi connectivity index (χ2v) is 5.35. The molecule has 0 nitrogen and oxygen atoms in total. The van der Waals surface area contributed by atoms with Crippen molar-refractivity contribution in [1.82, 2.24) is 0 Å². The van der Waals surface area contributed by atoms with Crippen molar-refractivity contribution in [1.29, 1.82) is 0 Å². The normalized spacial score (nSPS) is 9.43. The molecule has 0 saturated carbocycles. The minimum atomic E-state index is 0.483. The van der Waals surface area contributed by atoms with Gasteiger partial charge in [-0.3, -0.25) is 0 Å². The predicted octanol–water partition coefficient (Wildman–Crippen LogP) is 2.16. The van der Waals surface area contributed by atoms with Crippen molar-refractivity contribution in [3.05, 3.63) is 19.4 Å². The first kappa shape index (κ1) is 5.90. The predicted molar refractivity (Wildman–Crippen MR) is 36.1 cm³/mol. The fraction of sp³-hybridized carbons (Fsp3) is 0. The van der Waals surface area contributed by atoms with Crippen molar-refractivity contribution in [2.45, 2.75) is 0 Å². The molecule has 0 bridgehead atoms. The van der Waals surface area contributed by atoms with Crippen LogP contribution in [-0.2, 0) is 0 Å². The van der Waals surface area contributed by atoms with Crippen LogP contribution in [0.25, 0.3) is 0 Å². The molecule has 0 aliphatic heterocycles. The Morgan fingerprint density at radius 2 is 2.43 bits per heavy atom. The van der Waals surface area contributed by atoms with Crippen LogP contribution in [0.1, 0.15) is 0 Å². The maximum atomic E-state index is 5.62. The second kappa shape index (κ2) is 2.36. The SMILES string of the molecule is Clc1cc[se]c1Br. The van der Waals surface area contributed by atoms with Gasteiger partial charge in [-0.1, -0.05) is 0 Å². The summed E-state index contributed by atoms with van der Waals surface area (Å²) in [5.41, 5.74) is 0. The number of hydrogen-bond acceptors (Lipinski definition) is 0. The molecule has 7 heavy (non-hydrogen) atoms.